The van der Waals surface area contributed by atoms with Gasteiger partial charge in [0.1, 0.15) is 17.0 Å². The van der Waals surface area contributed by atoms with Crippen molar-refractivity contribution < 1.29 is 4.42 Å². The fourth-order valence-electron chi connectivity index (χ4n) is 11.9. The van der Waals surface area contributed by atoms with E-state index in [2.05, 4.69) is 183 Å². The van der Waals surface area contributed by atoms with Crippen LogP contribution in [0.4, 0.5) is 0 Å². The Morgan fingerprint density at radius 2 is 1.17 bits per heavy atom. The number of benzene rings is 8. The van der Waals surface area contributed by atoms with Gasteiger partial charge in [-0.3, -0.25) is 4.99 Å². The first-order chi connectivity index (χ1) is 31.4. The molecule has 4 aliphatic rings. The number of nitrogens with zero attached hydrogens (tertiary/aromatic N) is 1. The Labute approximate surface area is 374 Å². The highest BCUT2D eigenvalue weighted by Crippen LogP contribution is 2.61. The van der Waals surface area contributed by atoms with Crippen LogP contribution in [-0.2, 0) is 10.8 Å². The zero-order valence-corrected chi connectivity index (χ0v) is 36.3. The molecule has 3 heteroatoms. The van der Waals surface area contributed by atoms with E-state index in [-0.39, 0.29) is 16.9 Å². The Morgan fingerprint density at radius 3 is 2.05 bits per heavy atom. The molecule has 1 spiro atoms. The second-order valence-corrected chi connectivity index (χ2v) is 19.0. The Bertz CT molecular complexity index is 3410. The molecule has 1 N–H and O–H groups in total. The van der Waals surface area contributed by atoms with Crippen molar-refractivity contribution in [3.63, 3.8) is 0 Å². The summed E-state index contributed by atoms with van der Waals surface area (Å²) in [5.74, 6) is 0.854. The van der Waals surface area contributed by atoms with Crippen LogP contribution in [0.2, 0.25) is 0 Å². The average Bonchev–Trinajstić information content (AvgIpc) is 3.94. The Hall–Kier alpha value is -7.23. The molecule has 1 aliphatic heterocycles. The molecule has 0 amide bonds. The maximum Gasteiger partial charge on any atom is 0.136 e. The summed E-state index contributed by atoms with van der Waals surface area (Å²) in [6, 6.07) is 64.7. The van der Waals surface area contributed by atoms with E-state index in [1.54, 1.807) is 5.56 Å². The number of rotatable bonds is 5. The van der Waals surface area contributed by atoms with E-state index < -0.39 is 0 Å². The van der Waals surface area contributed by atoms with Gasteiger partial charge in [0, 0.05) is 38.4 Å². The lowest BCUT2D eigenvalue weighted by atomic mass is 9.67. The third-order valence-electron chi connectivity index (χ3n) is 15.1. The third-order valence-corrected chi connectivity index (χ3v) is 15.1. The van der Waals surface area contributed by atoms with Crippen molar-refractivity contribution in [2.75, 3.05) is 0 Å². The Kier molecular flexibility index (Phi) is 8.25. The van der Waals surface area contributed by atoms with Crippen molar-refractivity contribution in [2.24, 2.45) is 4.99 Å². The number of hydrogen-bond donors (Lipinski definition) is 1. The van der Waals surface area contributed by atoms with Crippen molar-refractivity contribution in [3.05, 3.63) is 221 Å². The van der Waals surface area contributed by atoms with Crippen LogP contribution in [0.3, 0.4) is 0 Å². The minimum absolute atomic E-state index is 0.0434. The topological polar surface area (TPSA) is 37.5 Å². The van der Waals surface area contributed by atoms with E-state index in [0.29, 0.717) is 0 Å². The predicted molar refractivity (Wildman–Crippen MR) is 265 cm³/mol. The van der Waals surface area contributed by atoms with Crippen molar-refractivity contribution in [1.29, 1.82) is 0 Å². The molecule has 0 bridgehead atoms. The summed E-state index contributed by atoms with van der Waals surface area (Å²) in [6.07, 6.45) is 8.57. The van der Waals surface area contributed by atoms with E-state index in [9.17, 15) is 0 Å². The maximum atomic E-state index is 6.32. The summed E-state index contributed by atoms with van der Waals surface area (Å²) >= 11 is 0. The Morgan fingerprint density at radius 1 is 0.484 bits per heavy atom. The van der Waals surface area contributed by atoms with Gasteiger partial charge < -0.3 is 9.73 Å². The predicted octanol–water partition coefficient (Wildman–Crippen LogP) is 15.6. The number of hydrogen-bond acceptors (Lipinski definition) is 3. The highest BCUT2D eigenvalue weighted by molar-refractivity contribution is 6.08. The van der Waals surface area contributed by atoms with Gasteiger partial charge in [0.15, 0.2) is 0 Å². The van der Waals surface area contributed by atoms with Crippen LogP contribution in [0.15, 0.2) is 191 Å². The molecule has 1 saturated carbocycles. The fraction of sp³-hybridized carbons (Fsp3) is 0.164. The molecular formula is C61H48N2O. The number of aliphatic imine (C=N–C) groups is 1. The third kappa shape index (κ3) is 5.63. The van der Waals surface area contributed by atoms with Gasteiger partial charge in [-0.2, -0.15) is 0 Å². The van der Waals surface area contributed by atoms with Crippen LogP contribution < -0.4 is 5.32 Å². The molecule has 1 aromatic heterocycles. The average molecular weight is 825 g/mol. The number of fused-ring (bicyclic) bond motifs is 11. The highest BCUT2D eigenvalue weighted by atomic mass is 16.3. The largest absolute Gasteiger partial charge is 0.456 e. The zero-order valence-electron chi connectivity index (χ0n) is 36.3. The standard InChI is InChI=1S/C61H48N2O/c1-60(2)50-22-9-7-19-45(50)48-35-53-49(36-52(48)60)58-44(21-14-23-51(58)61(53)31-11-4-12-32-61)39-27-25-38(26-28-39)41-17-13-18-42(33-41)54-37-55(63-59(62-54)40-15-5-3-6-16-40)43-29-30-47-46-20-8-10-24-56(46)64-57(47)34-43/h3,5-10,13-30,33-37,54H,4,11-12,31-32H2,1-2H3,(H,62,63). The van der Waals surface area contributed by atoms with Crippen LogP contribution in [0.5, 0.6) is 0 Å². The number of amidine groups is 1. The first-order valence-electron chi connectivity index (χ1n) is 23.1. The Balaban J connectivity index is 0.871. The first-order valence-corrected chi connectivity index (χ1v) is 23.1. The van der Waals surface area contributed by atoms with Gasteiger partial charge in [0.25, 0.3) is 0 Å². The summed E-state index contributed by atoms with van der Waals surface area (Å²) in [7, 11) is 0. The van der Waals surface area contributed by atoms with Crippen LogP contribution in [-0.4, -0.2) is 5.84 Å². The molecule has 13 rings (SSSR count). The molecule has 2 heterocycles. The summed E-state index contributed by atoms with van der Waals surface area (Å²) in [6.45, 7) is 4.82. The molecule has 9 aromatic rings. The lowest BCUT2D eigenvalue weighted by Crippen LogP contribution is -2.28. The summed E-state index contributed by atoms with van der Waals surface area (Å²) in [4.78, 5) is 5.32. The molecule has 3 aliphatic carbocycles. The normalized spacial score (nSPS) is 17.6. The molecule has 1 unspecified atom stereocenters. The highest BCUT2D eigenvalue weighted by Gasteiger charge is 2.47. The van der Waals surface area contributed by atoms with Crippen LogP contribution in [0.1, 0.15) is 90.9 Å². The van der Waals surface area contributed by atoms with E-state index in [1.165, 1.54) is 93.3 Å². The second kappa shape index (κ2) is 14.1. The van der Waals surface area contributed by atoms with Gasteiger partial charge in [0.2, 0.25) is 0 Å². The quantitative estimate of drug-likeness (QED) is 0.188. The van der Waals surface area contributed by atoms with Gasteiger partial charge in [0.05, 0.1) is 6.04 Å². The van der Waals surface area contributed by atoms with Gasteiger partial charge in [-0.05, 0) is 128 Å². The van der Waals surface area contributed by atoms with Gasteiger partial charge in [-0.1, -0.05) is 173 Å². The fourth-order valence-corrected chi connectivity index (χ4v) is 11.9. The van der Waals surface area contributed by atoms with Crippen molar-refractivity contribution in [1.82, 2.24) is 5.32 Å². The molecule has 0 saturated heterocycles. The SMILES string of the molecule is CC1(C)c2ccccc2-c2cc3c(cc21)-c1c(-c2ccc(-c4cccc(C5C=C(c6ccc7c(c6)oc6ccccc67)NC(c6ccccc6)=N5)c4)cc2)cccc1C31CCCCC1. The van der Waals surface area contributed by atoms with Crippen molar-refractivity contribution in [3.8, 4) is 44.5 Å². The molecule has 1 fully saturated rings. The zero-order chi connectivity index (χ0) is 42.6. The monoisotopic (exact) mass is 824 g/mol. The molecule has 1 atom stereocenters. The summed E-state index contributed by atoms with van der Waals surface area (Å²) < 4.78 is 6.32. The molecular weight excluding hydrogens is 777 g/mol. The molecule has 0 radical (unpaired) electrons. The van der Waals surface area contributed by atoms with Gasteiger partial charge >= 0.3 is 0 Å². The van der Waals surface area contributed by atoms with E-state index in [4.69, 9.17) is 9.41 Å². The number of para-hydroxylation sites is 1. The van der Waals surface area contributed by atoms with Crippen molar-refractivity contribution >= 4 is 33.5 Å². The lowest BCUT2D eigenvalue weighted by Gasteiger charge is -2.36. The molecule has 308 valence electrons. The summed E-state index contributed by atoms with van der Waals surface area (Å²) in [5, 5.41) is 5.94. The smallest absolute Gasteiger partial charge is 0.136 e. The maximum absolute atomic E-state index is 6.32. The lowest BCUT2D eigenvalue weighted by molar-refractivity contribution is 0.353. The van der Waals surface area contributed by atoms with E-state index in [1.807, 2.05) is 18.2 Å². The minimum atomic E-state index is -0.185. The molecule has 64 heavy (non-hydrogen) atoms. The molecule has 3 nitrogen and oxygen atoms in total. The van der Waals surface area contributed by atoms with Gasteiger partial charge in [-0.15, -0.1) is 0 Å². The van der Waals surface area contributed by atoms with Crippen LogP contribution in [0.25, 0.3) is 72.1 Å². The summed E-state index contributed by atoms with van der Waals surface area (Å²) in [5.41, 5.74) is 22.8. The number of nitrogens with one attached hydrogen (secondary N) is 1. The molecule has 8 aromatic carbocycles. The first kappa shape index (κ1) is 37.3. The minimum Gasteiger partial charge on any atom is -0.456 e. The van der Waals surface area contributed by atoms with Crippen molar-refractivity contribution in [2.45, 2.75) is 62.8 Å². The number of furan rings is 1. The van der Waals surface area contributed by atoms with E-state index in [0.717, 1.165) is 50.2 Å². The van der Waals surface area contributed by atoms with E-state index >= 15 is 0 Å². The van der Waals surface area contributed by atoms with Gasteiger partial charge in [-0.25, -0.2) is 0 Å². The van der Waals surface area contributed by atoms with Crippen LogP contribution >= 0.6 is 0 Å². The van der Waals surface area contributed by atoms with Crippen LogP contribution in [0, 0.1) is 0 Å². The second-order valence-electron chi connectivity index (χ2n) is 19.0.